The summed E-state index contributed by atoms with van der Waals surface area (Å²) in [5.41, 5.74) is 3.88. The zero-order valence-electron chi connectivity index (χ0n) is 14.0. The molecule has 0 bridgehead atoms. The molecule has 23 heavy (non-hydrogen) atoms. The fourth-order valence-corrected chi connectivity index (χ4v) is 3.06. The minimum absolute atomic E-state index is 0.582. The first kappa shape index (κ1) is 15.8. The van der Waals surface area contributed by atoms with Crippen molar-refractivity contribution in [2.75, 3.05) is 25.1 Å². The summed E-state index contributed by atoms with van der Waals surface area (Å²) in [5.74, 6) is 0.667. The van der Waals surface area contributed by atoms with Gasteiger partial charge in [-0.2, -0.15) is 0 Å². The van der Waals surface area contributed by atoms with Crippen LogP contribution in [0.15, 0.2) is 42.6 Å². The Balaban J connectivity index is 1.47. The molecule has 0 aliphatic carbocycles. The maximum Gasteiger partial charge on any atom is 0.212 e. The lowest BCUT2D eigenvalue weighted by Gasteiger charge is -2.34. The number of pyridine rings is 1. The Labute approximate surface area is 138 Å². The second-order valence-corrected chi connectivity index (χ2v) is 6.19. The maximum absolute atomic E-state index is 5.09. The summed E-state index contributed by atoms with van der Waals surface area (Å²) in [7, 11) is 1.64. The third-order valence-corrected chi connectivity index (χ3v) is 4.46. The van der Waals surface area contributed by atoms with Gasteiger partial charge >= 0.3 is 0 Å². The molecule has 1 saturated heterocycles. The third kappa shape index (κ3) is 4.23. The molecular weight excluding hydrogens is 286 g/mol. The molecule has 1 aliphatic heterocycles. The summed E-state index contributed by atoms with van der Waals surface area (Å²) in [6, 6.07) is 13.4. The van der Waals surface area contributed by atoms with Gasteiger partial charge in [0.05, 0.1) is 7.11 Å². The summed E-state index contributed by atoms with van der Waals surface area (Å²) in [6.07, 6.45) is 4.24. The van der Waals surface area contributed by atoms with Crippen molar-refractivity contribution in [2.45, 2.75) is 32.4 Å². The smallest absolute Gasteiger partial charge is 0.212 e. The van der Waals surface area contributed by atoms with Crippen LogP contribution < -0.4 is 15.0 Å². The van der Waals surface area contributed by atoms with E-state index in [0.717, 1.165) is 19.6 Å². The highest BCUT2D eigenvalue weighted by molar-refractivity contribution is 5.48. The molecule has 2 heterocycles. The van der Waals surface area contributed by atoms with Crippen molar-refractivity contribution in [3.05, 3.63) is 53.7 Å². The average molecular weight is 311 g/mol. The lowest BCUT2D eigenvalue weighted by atomic mass is 10.0. The molecule has 1 fully saturated rings. The van der Waals surface area contributed by atoms with Crippen LogP contribution in [0.25, 0.3) is 0 Å². The Morgan fingerprint density at radius 3 is 2.70 bits per heavy atom. The lowest BCUT2D eigenvalue weighted by molar-refractivity contribution is 0.396. The van der Waals surface area contributed by atoms with Gasteiger partial charge in [0.15, 0.2) is 0 Å². The van der Waals surface area contributed by atoms with E-state index in [4.69, 9.17) is 4.74 Å². The summed E-state index contributed by atoms with van der Waals surface area (Å²) in [6.45, 7) is 5.25. The standard InChI is InChI=1S/C19H25N3O/c1-15-4-3-5-18(12-15)22-10-8-17(9-11-22)20-13-16-6-7-19(23-2)21-14-16/h3-7,12,14,17,20H,8-11,13H2,1-2H3. The number of nitrogens with one attached hydrogen (secondary N) is 1. The second kappa shape index (κ2) is 7.47. The van der Waals surface area contributed by atoms with Crippen LogP contribution in [0, 0.1) is 6.92 Å². The van der Waals surface area contributed by atoms with E-state index in [9.17, 15) is 0 Å². The van der Waals surface area contributed by atoms with Gasteiger partial charge in [-0.3, -0.25) is 0 Å². The van der Waals surface area contributed by atoms with Crippen LogP contribution in [-0.2, 0) is 6.54 Å². The molecule has 1 aliphatic rings. The van der Waals surface area contributed by atoms with Crippen molar-refractivity contribution in [3.8, 4) is 5.88 Å². The predicted molar refractivity (Wildman–Crippen MR) is 94.0 cm³/mol. The number of piperidine rings is 1. The Kier molecular flexibility index (Phi) is 5.13. The van der Waals surface area contributed by atoms with E-state index in [0.29, 0.717) is 11.9 Å². The fourth-order valence-electron chi connectivity index (χ4n) is 3.06. The number of anilines is 1. The predicted octanol–water partition coefficient (Wildman–Crippen LogP) is 3.16. The number of ether oxygens (including phenoxy) is 1. The Morgan fingerprint density at radius 1 is 1.22 bits per heavy atom. The van der Waals surface area contributed by atoms with Crippen LogP contribution in [0.3, 0.4) is 0 Å². The first-order valence-corrected chi connectivity index (χ1v) is 8.28. The van der Waals surface area contributed by atoms with Crippen molar-refractivity contribution >= 4 is 5.69 Å². The molecule has 122 valence electrons. The van der Waals surface area contributed by atoms with Crippen LogP contribution >= 0.6 is 0 Å². The van der Waals surface area contributed by atoms with Crippen molar-refractivity contribution in [3.63, 3.8) is 0 Å². The molecule has 1 aromatic carbocycles. The van der Waals surface area contributed by atoms with E-state index in [1.165, 1.54) is 29.7 Å². The molecule has 0 radical (unpaired) electrons. The highest BCUT2D eigenvalue weighted by Crippen LogP contribution is 2.21. The molecule has 1 aromatic heterocycles. The Hall–Kier alpha value is -2.07. The normalized spacial score (nSPS) is 15.7. The zero-order chi connectivity index (χ0) is 16.1. The number of hydrogen-bond donors (Lipinski definition) is 1. The molecule has 3 rings (SSSR count). The van der Waals surface area contributed by atoms with Crippen molar-refractivity contribution in [1.29, 1.82) is 0 Å². The van der Waals surface area contributed by atoms with Gasteiger partial charge in [-0.1, -0.05) is 18.2 Å². The van der Waals surface area contributed by atoms with Gasteiger partial charge in [-0.25, -0.2) is 4.98 Å². The minimum atomic E-state index is 0.582. The topological polar surface area (TPSA) is 37.4 Å². The summed E-state index contributed by atoms with van der Waals surface area (Å²) < 4.78 is 5.09. The van der Waals surface area contributed by atoms with Crippen molar-refractivity contribution < 1.29 is 4.74 Å². The molecule has 1 N–H and O–H groups in total. The van der Waals surface area contributed by atoms with Gasteiger partial charge in [0, 0.05) is 43.6 Å². The Bertz CT molecular complexity index is 619. The number of aryl methyl sites for hydroxylation is 1. The quantitative estimate of drug-likeness (QED) is 0.920. The average Bonchev–Trinajstić information content (AvgIpc) is 2.61. The van der Waals surface area contributed by atoms with E-state index in [1.807, 2.05) is 12.3 Å². The molecule has 0 saturated carbocycles. The van der Waals surface area contributed by atoms with Crippen LogP contribution in [-0.4, -0.2) is 31.2 Å². The fraction of sp³-hybridized carbons (Fsp3) is 0.421. The number of rotatable bonds is 5. The first-order chi connectivity index (χ1) is 11.2. The number of hydrogen-bond acceptors (Lipinski definition) is 4. The highest BCUT2D eigenvalue weighted by Gasteiger charge is 2.19. The van der Waals surface area contributed by atoms with Gasteiger partial charge in [-0.15, -0.1) is 0 Å². The number of nitrogens with zero attached hydrogens (tertiary/aromatic N) is 2. The van der Waals surface area contributed by atoms with Crippen molar-refractivity contribution in [2.24, 2.45) is 0 Å². The van der Waals surface area contributed by atoms with Gasteiger partial charge in [-0.05, 0) is 43.0 Å². The molecule has 4 heteroatoms. The molecule has 0 spiro atoms. The van der Waals surface area contributed by atoms with Gasteiger partial charge < -0.3 is 15.0 Å². The van der Waals surface area contributed by atoms with E-state index in [1.54, 1.807) is 7.11 Å². The second-order valence-electron chi connectivity index (χ2n) is 6.19. The number of methoxy groups -OCH3 is 1. The molecule has 0 unspecified atom stereocenters. The summed E-state index contributed by atoms with van der Waals surface area (Å²) >= 11 is 0. The minimum Gasteiger partial charge on any atom is -0.481 e. The van der Waals surface area contributed by atoms with Gasteiger partial charge in [0.1, 0.15) is 0 Å². The Morgan fingerprint density at radius 2 is 2.04 bits per heavy atom. The summed E-state index contributed by atoms with van der Waals surface area (Å²) in [5, 5.41) is 3.65. The number of benzene rings is 1. The van der Waals surface area contributed by atoms with Crippen LogP contribution in [0.2, 0.25) is 0 Å². The molecular formula is C19H25N3O. The van der Waals surface area contributed by atoms with Crippen molar-refractivity contribution in [1.82, 2.24) is 10.3 Å². The van der Waals surface area contributed by atoms with Crippen LogP contribution in [0.5, 0.6) is 5.88 Å². The molecule has 0 atom stereocenters. The monoisotopic (exact) mass is 311 g/mol. The van der Waals surface area contributed by atoms with Crippen LogP contribution in [0.1, 0.15) is 24.0 Å². The SMILES string of the molecule is COc1ccc(CNC2CCN(c3cccc(C)c3)CC2)cn1. The lowest BCUT2D eigenvalue weighted by Crippen LogP contribution is -2.42. The molecule has 0 amide bonds. The van der Waals surface area contributed by atoms with E-state index < -0.39 is 0 Å². The molecule has 4 nitrogen and oxygen atoms in total. The number of aromatic nitrogens is 1. The maximum atomic E-state index is 5.09. The first-order valence-electron chi connectivity index (χ1n) is 8.28. The largest absolute Gasteiger partial charge is 0.481 e. The van der Waals surface area contributed by atoms with Gasteiger partial charge in [0.25, 0.3) is 0 Å². The third-order valence-electron chi connectivity index (χ3n) is 4.46. The van der Waals surface area contributed by atoms with E-state index in [2.05, 4.69) is 52.5 Å². The van der Waals surface area contributed by atoms with E-state index >= 15 is 0 Å². The zero-order valence-corrected chi connectivity index (χ0v) is 14.0. The van der Waals surface area contributed by atoms with Crippen LogP contribution in [0.4, 0.5) is 5.69 Å². The van der Waals surface area contributed by atoms with E-state index in [-0.39, 0.29) is 0 Å². The molecule has 2 aromatic rings. The highest BCUT2D eigenvalue weighted by atomic mass is 16.5. The summed E-state index contributed by atoms with van der Waals surface area (Å²) in [4.78, 5) is 6.74. The van der Waals surface area contributed by atoms with Gasteiger partial charge in [0.2, 0.25) is 5.88 Å².